The molecule has 4 rings (SSSR count). The van der Waals surface area contributed by atoms with Gasteiger partial charge in [-0.05, 0) is 41.5 Å². The van der Waals surface area contributed by atoms with Crippen molar-refractivity contribution in [1.29, 1.82) is 0 Å². The monoisotopic (exact) mass is 275 g/mol. The number of benzene rings is 2. The van der Waals surface area contributed by atoms with Crippen molar-refractivity contribution in [2.75, 3.05) is 0 Å². The molecule has 0 amide bonds. The van der Waals surface area contributed by atoms with E-state index in [4.69, 9.17) is 0 Å². The second-order valence-electron chi connectivity index (χ2n) is 6.24. The fourth-order valence-corrected chi connectivity index (χ4v) is 3.64. The van der Waals surface area contributed by atoms with Crippen LogP contribution in [-0.4, -0.2) is 12.1 Å². The Balaban J connectivity index is 1.61. The Hall–Kier alpha value is -1.86. The molecule has 2 aliphatic rings. The molecule has 2 heterocycles. The van der Waals surface area contributed by atoms with Gasteiger partial charge in [-0.3, -0.25) is 0 Å². The fourth-order valence-electron chi connectivity index (χ4n) is 3.64. The zero-order valence-electron chi connectivity index (χ0n) is 12.3. The van der Waals surface area contributed by atoms with Crippen LogP contribution in [0.1, 0.15) is 31.2 Å². The molecule has 0 spiro atoms. The number of rotatable bonds is 2. The van der Waals surface area contributed by atoms with Crippen LogP contribution in [0.15, 0.2) is 60.7 Å². The second-order valence-corrected chi connectivity index (χ2v) is 6.24. The first-order chi connectivity index (χ1) is 10.4. The number of piperidine rings is 1. The minimum absolute atomic E-state index is 0.598. The maximum atomic E-state index is 3.71. The maximum absolute atomic E-state index is 3.71. The lowest BCUT2D eigenvalue weighted by molar-refractivity contribution is 0.348. The Morgan fingerprint density at radius 3 is 2.24 bits per heavy atom. The molecule has 0 aliphatic carbocycles. The van der Waals surface area contributed by atoms with E-state index in [2.05, 4.69) is 66.0 Å². The quantitative estimate of drug-likeness (QED) is 0.841. The molecular formula is C20H21N. The van der Waals surface area contributed by atoms with Gasteiger partial charge in [-0.15, -0.1) is 0 Å². The van der Waals surface area contributed by atoms with E-state index in [-0.39, 0.29) is 0 Å². The number of nitrogens with one attached hydrogen (secondary N) is 1. The zero-order chi connectivity index (χ0) is 14.1. The number of hydrogen-bond donors (Lipinski definition) is 1. The molecule has 21 heavy (non-hydrogen) atoms. The fraction of sp³-hybridized carbons (Fsp3) is 0.300. The van der Waals surface area contributed by atoms with Gasteiger partial charge in [-0.25, -0.2) is 0 Å². The summed E-state index contributed by atoms with van der Waals surface area (Å²) in [5.74, 6) is 0. The Morgan fingerprint density at radius 2 is 1.48 bits per heavy atom. The van der Waals surface area contributed by atoms with E-state index >= 15 is 0 Å². The van der Waals surface area contributed by atoms with Crippen LogP contribution >= 0.6 is 0 Å². The molecule has 106 valence electrons. The molecular weight excluding hydrogens is 254 g/mol. The molecule has 2 aliphatic heterocycles. The van der Waals surface area contributed by atoms with Gasteiger partial charge < -0.3 is 5.32 Å². The van der Waals surface area contributed by atoms with E-state index in [0.717, 1.165) is 0 Å². The summed E-state index contributed by atoms with van der Waals surface area (Å²) in [6.45, 7) is 0. The van der Waals surface area contributed by atoms with Gasteiger partial charge in [0.1, 0.15) is 0 Å². The van der Waals surface area contributed by atoms with Crippen molar-refractivity contribution in [2.45, 2.75) is 37.8 Å². The van der Waals surface area contributed by atoms with Crippen LogP contribution in [0.2, 0.25) is 0 Å². The number of hydrogen-bond acceptors (Lipinski definition) is 1. The van der Waals surface area contributed by atoms with Gasteiger partial charge >= 0.3 is 0 Å². The molecule has 1 N–H and O–H groups in total. The van der Waals surface area contributed by atoms with E-state index in [1.54, 1.807) is 0 Å². The van der Waals surface area contributed by atoms with Gasteiger partial charge in [-0.2, -0.15) is 0 Å². The third kappa shape index (κ3) is 2.66. The van der Waals surface area contributed by atoms with Gasteiger partial charge in [0.25, 0.3) is 0 Å². The summed E-state index contributed by atoms with van der Waals surface area (Å²) in [6, 6.07) is 21.0. The van der Waals surface area contributed by atoms with Crippen molar-refractivity contribution >= 4 is 5.57 Å². The standard InChI is InChI=1S/C20H21N/c1-2-5-15(6-3-1)16-9-11-17(12-10-16)18-13-19-7-4-8-20(14-18)21-19/h1-3,5-6,9-13,19-21H,4,7-8,14H2. The molecule has 1 saturated heterocycles. The zero-order valence-corrected chi connectivity index (χ0v) is 12.3. The third-order valence-electron chi connectivity index (χ3n) is 4.75. The Morgan fingerprint density at radius 1 is 0.762 bits per heavy atom. The van der Waals surface area contributed by atoms with Gasteiger partial charge in [0.15, 0.2) is 0 Å². The lowest BCUT2D eigenvalue weighted by atomic mass is 9.84. The summed E-state index contributed by atoms with van der Waals surface area (Å²) >= 11 is 0. The molecule has 2 aromatic rings. The Labute approximate surface area is 126 Å². The first-order valence-corrected chi connectivity index (χ1v) is 8.01. The lowest BCUT2D eigenvalue weighted by Gasteiger charge is -2.35. The van der Waals surface area contributed by atoms with Gasteiger partial charge in [0.05, 0.1) is 0 Å². The van der Waals surface area contributed by atoms with Crippen LogP contribution in [0.4, 0.5) is 0 Å². The molecule has 2 bridgehead atoms. The molecule has 0 radical (unpaired) electrons. The minimum atomic E-state index is 0.598. The van der Waals surface area contributed by atoms with E-state index in [1.165, 1.54) is 47.9 Å². The second kappa shape index (κ2) is 5.50. The van der Waals surface area contributed by atoms with Crippen molar-refractivity contribution < 1.29 is 0 Å². The van der Waals surface area contributed by atoms with Crippen LogP contribution in [0.5, 0.6) is 0 Å². The first-order valence-electron chi connectivity index (χ1n) is 8.01. The molecule has 2 unspecified atom stereocenters. The summed E-state index contributed by atoms with van der Waals surface area (Å²) in [5, 5.41) is 3.71. The van der Waals surface area contributed by atoms with Crippen molar-refractivity contribution in [3.05, 3.63) is 66.2 Å². The predicted octanol–water partition coefficient (Wildman–Crippen LogP) is 4.65. The highest BCUT2D eigenvalue weighted by Gasteiger charge is 2.25. The highest BCUT2D eigenvalue weighted by molar-refractivity contribution is 5.71. The Kier molecular flexibility index (Phi) is 3.36. The molecule has 0 aromatic heterocycles. The predicted molar refractivity (Wildman–Crippen MR) is 89.0 cm³/mol. The average Bonchev–Trinajstić information content (AvgIpc) is 2.55. The largest absolute Gasteiger partial charge is 0.307 e. The third-order valence-corrected chi connectivity index (χ3v) is 4.75. The molecule has 1 heteroatoms. The summed E-state index contributed by atoms with van der Waals surface area (Å²) < 4.78 is 0. The Bertz CT molecular complexity index is 639. The van der Waals surface area contributed by atoms with Crippen LogP contribution < -0.4 is 5.32 Å². The normalized spacial score (nSPS) is 24.5. The van der Waals surface area contributed by atoms with Crippen LogP contribution in [-0.2, 0) is 0 Å². The van der Waals surface area contributed by atoms with Crippen LogP contribution in [0, 0.1) is 0 Å². The van der Waals surface area contributed by atoms with Crippen molar-refractivity contribution in [3.63, 3.8) is 0 Å². The molecule has 0 saturated carbocycles. The van der Waals surface area contributed by atoms with Crippen LogP contribution in [0.25, 0.3) is 16.7 Å². The summed E-state index contributed by atoms with van der Waals surface area (Å²) in [4.78, 5) is 0. The van der Waals surface area contributed by atoms with Crippen molar-refractivity contribution in [2.24, 2.45) is 0 Å². The highest BCUT2D eigenvalue weighted by Crippen LogP contribution is 2.31. The van der Waals surface area contributed by atoms with Crippen molar-refractivity contribution in [3.8, 4) is 11.1 Å². The highest BCUT2D eigenvalue weighted by atomic mass is 15.0. The van der Waals surface area contributed by atoms with Gasteiger partial charge in [0, 0.05) is 12.1 Å². The lowest BCUT2D eigenvalue weighted by Crippen LogP contribution is -2.44. The minimum Gasteiger partial charge on any atom is -0.307 e. The van der Waals surface area contributed by atoms with Crippen LogP contribution in [0.3, 0.4) is 0 Å². The van der Waals surface area contributed by atoms with Gasteiger partial charge in [-0.1, -0.05) is 67.1 Å². The van der Waals surface area contributed by atoms with E-state index in [9.17, 15) is 0 Å². The SMILES string of the molecule is C1=C(c2ccc(-c3ccccc3)cc2)CC2CCCC1N2. The van der Waals surface area contributed by atoms with E-state index in [0.29, 0.717) is 12.1 Å². The molecule has 1 nitrogen and oxygen atoms in total. The summed E-state index contributed by atoms with van der Waals surface area (Å²) in [7, 11) is 0. The van der Waals surface area contributed by atoms with Gasteiger partial charge in [0.2, 0.25) is 0 Å². The average molecular weight is 275 g/mol. The molecule has 2 atom stereocenters. The van der Waals surface area contributed by atoms with E-state index in [1.807, 2.05) is 0 Å². The van der Waals surface area contributed by atoms with Crippen molar-refractivity contribution in [1.82, 2.24) is 5.32 Å². The maximum Gasteiger partial charge on any atom is 0.0258 e. The van der Waals surface area contributed by atoms with E-state index < -0.39 is 0 Å². The summed E-state index contributed by atoms with van der Waals surface area (Å²) in [6.07, 6.45) is 7.63. The summed E-state index contributed by atoms with van der Waals surface area (Å²) in [5.41, 5.74) is 5.52. The topological polar surface area (TPSA) is 12.0 Å². The number of fused-ring (bicyclic) bond motifs is 2. The first kappa shape index (κ1) is 12.8. The smallest absolute Gasteiger partial charge is 0.0258 e. The molecule has 2 aromatic carbocycles. The molecule has 1 fully saturated rings.